The lowest BCUT2D eigenvalue weighted by Gasteiger charge is -2.19. The van der Waals surface area contributed by atoms with Gasteiger partial charge in [0.05, 0.1) is 18.8 Å². The van der Waals surface area contributed by atoms with Crippen LogP contribution in [-0.2, 0) is 19.0 Å². The van der Waals surface area contributed by atoms with Crippen LogP contribution in [0, 0.1) is 0 Å². The molecule has 0 aliphatic carbocycles. The number of hydrogen-bond acceptors (Lipinski definition) is 5. The molecule has 1 N–H and O–H groups in total. The molecule has 0 amide bonds. The average molecular weight is 204 g/mol. The highest BCUT2D eigenvalue weighted by atomic mass is 16.7. The Hall–Kier alpha value is -0.910. The van der Waals surface area contributed by atoms with Crippen LogP contribution in [-0.4, -0.2) is 44.3 Å². The normalized spacial score (nSPS) is 14.6. The Morgan fingerprint density at radius 3 is 2.50 bits per heavy atom. The first-order valence-electron chi connectivity index (χ1n) is 4.10. The molecule has 5 heteroatoms. The molecule has 2 unspecified atom stereocenters. The van der Waals surface area contributed by atoms with E-state index in [9.17, 15) is 9.90 Å². The zero-order valence-electron chi connectivity index (χ0n) is 8.65. The van der Waals surface area contributed by atoms with Crippen LogP contribution in [0.1, 0.15) is 6.92 Å². The number of hydrogen-bond donors (Lipinski definition) is 1. The minimum Gasteiger partial charge on any atom is -0.466 e. The van der Waals surface area contributed by atoms with Crippen molar-refractivity contribution in [1.82, 2.24) is 0 Å². The van der Waals surface area contributed by atoms with Gasteiger partial charge < -0.3 is 19.3 Å². The lowest BCUT2D eigenvalue weighted by molar-refractivity contribution is -0.140. The molecule has 0 spiro atoms. The van der Waals surface area contributed by atoms with E-state index in [-0.39, 0.29) is 12.4 Å². The summed E-state index contributed by atoms with van der Waals surface area (Å²) in [6.45, 7) is 5.07. The van der Waals surface area contributed by atoms with E-state index in [4.69, 9.17) is 4.74 Å². The van der Waals surface area contributed by atoms with Crippen molar-refractivity contribution in [2.75, 3.05) is 21.0 Å². The van der Waals surface area contributed by atoms with E-state index in [2.05, 4.69) is 16.1 Å². The lowest BCUT2D eigenvalue weighted by atomic mass is 10.1. The quantitative estimate of drug-likeness (QED) is 0.377. The van der Waals surface area contributed by atoms with E-state index in [1.807, 2.05) is 0 Å². The van der Waals surface area contributed by atoms with Crippen molar-refractivity contribution in [1.29, 1.82) is 0 Å². The summed E-state index contributed by atoms with van der Waals surface area (Å²) in [6, 6.07) is 0. The summed E-state index contributed by atoms with van der Waals surface area (Å²) in [5.74, 6) is -0.648. The average Bonchev–Trinajstić information content (AvgIpc) is 2.22. The van der Waals surface area contributed by atoms with Gasteiger partial charge in [0.1, 0.15) is 12.9 Å². The molecule has 0 aliphatic heterocycles. The Balaban J connectivity index is 4.10. The molecule has 82 valence electrons. The van der Waals surface area contributed by atoms with Crippen molar-refractivity contribution in [3.8, 4) is 0 Å². The summed E-state index contributed by atoms with van der Waals surface area (Å²) < 4.78 is 14.1. The van der Waals surface area contributed by atoms with Gasteiger partial charge >= 0.3 is 5.97 Å². The van der Waals surface area contributed by atoms with E-state index >= 15 is 0 Å². The number of aliphatic hydroxyl groups is 1. The molecule has 0 aromatic heterocycles. The van der Waals surface area contributed by atoms with Crippen molar-refractivity contribution in [3.63, 3.8) is 0 Å². The second kappa shape index (κ2) is 6.53. The number of esters is 1. The number of aliphatic hydroxyl groups excluding tert-OH is 1. The molecular formula is C9H16O5. The summed E-state index contributed by atoms with van der Waals surface area (Å²) >= 11 is 0. The van der Waals surface area contributed by atoms with E-state index < -0.39 is 18.2 Å². The van der Waals surface area contributed by atoms with Crippen molar-refractivity contribution in [2.45, 2.75) is 19.1 Å². The molecule has 0 saturated heterocycles. The molecular weight excluding hydrogens is 188 g/mol. The first-order chi connectivity index (χ1) is 6.54. The van der Waals surface area contributed by atoms with Gasteiger partial charge in [-0.15, -0.1) is 0 Å². The third kappa shape index (κ3) is 3.87. The summed E-state index contributed by atoms with van der Waals surface area (Å²) in [7, 11) is 2.69. The van der Waals surface area contributed by atoms with E-state index in [0.717, 1.165) is 0 Å². The molecule has 0 aliphatic rings. The molecule has 5 nitrogen and oxygen atoms in total. The van der Waals surface area contributed by atoms with Gasteiger partial charge in [-0.25, -0.2) is 4.79 Å². The highest BCUT2D eigenvalue weighted by molar-refractivity contribution is 5.88. The Morgan fingerprint density at radius 2 is 2.07 bits per heavy atom. The lowest BCUT2D eigenvalue weighted by Crippen LogP contribution is -2.31. The van der Waals surface area contributed by atoms with Crippen molar-refractivity contribution in [3.05, 3.63) is 12.2 Å². The van der Waals surface area contributed by atoms with Gasteiger partial charge in [-0.1, -0.05) is 6.58 Å². The summed E-state index contributed by atoms with van der Waals surface area (Å²) in [5, 5.41) is 9.53. The van der Waals surface area contributed by atoms with Crippen LogP contribution < -0.4 is 0 Å². The second-order valence-corrected chi connectivity index (χ2v) is 2.74. The van der Waals surface area contributed by atoms with Gasteiger partial charge in [0.2, 0.25) is 0 Å². The predicted octanol–water partition coefficient (Wildman–Crippen LogP) is 0.0855. The minimum atomic E-state index is -1.09. The standard InChI is InChI=1S/C9H16O5/c1-6(9(11)13-4)8(10)7(2)14-5-12-3/h7-8,10H,1,5H2,2-4H3. The number of rotatable bonds is 6. The van der Waals surface area contributed by atoms with Crippen LogP contribution in [0.15, 0.2) is 12.2 Å². The molecule has 2 atom stereocenters. The van der Waals surface area contributed by atoms with Gasteiger partial charge in [-0.2, -0.15) is 0 Å². The zero-order valence-corrected chi connectivity index (χ0v) is 8.65. The summed E-state index contributed by atoms with van der Waals surface area (Å²) in [4.78, 5) is 11.0. The fourth-order valence-corrected chi connectivity index (χ4v) is 0.802. The number of carbonyl (C=O) groups is 1. The number of carbonyl (C=O) groups excluding carboxylic acids is 1. The maximum atomic E-state index is 11.0. The second-order valence-electron chi connectivity index (χ2n) is 2.74. The Bertz CT molecular complexity index is 201. The van der Waals surface area contributed by atoms with E-state index in [1.165, 1.54) is 14.2 Å². The Morgan fingerprint density at radius 1 is 1.50 bits per heavy atom. The van der Waals surface area contributed by atoms with E-state index in [0.29, 0.717) is 0 Å². The third-order valence-electron chi connectivity index (χ3n) is 1.70. The molecule has 0 aromatic carbocycles. The summed E-state index contributed by atoms with van der Waals surface area (Å²) in [6.07, 6.45) is -1.65. The van der Waals surface area contributed by atoms with Crippen molar-refractivity contribution >= 4 is 5.97 Å². The largest absolute Gasteiger partial charge is 0.466 e. The van der Waals surface area contributed by atoms with E-state index in [1.54, 1.807) is 6.92 Å². The minimum absolute atomic E-state index is 0.0314. The van der Waals surface area contributed by atoms with Gasteiger partial charge in [-0.3, -0.25) is 0 Å². The fourth-order valence-electron chi connectivity index (χ4n) is 0.802. The van der Waals surface area contributed by atoms with Crippen molar-refractivity contribution < 1.29 is 24.1 Å². The molecule has 0 heterocycles. The van der Waals surface area contributed by atoms with Crippen LogP contribution in [0.5, 0.6) is 0 Å². The van der Waals surface area contributed by atoms with Crippen LogP contribution in [0.25, 0.3) is 0 Å². The molecule has 0 fully saturated rings. The highest BCUT2D eigenvalue weighted by Crippen LogP contribution is 2.09. The predicted molar refractivity (Wildman–Crippen MR) is 49.6 cm³/mol. The fraction of sp³-hybridized carbons (Fsp3) is 0.667. The number of methoxy groups -OCH3 is 2. The Labute approximate surface area is 83.3 Å². The van der Waals surface area contributed by atoms with Crippen LogP contribution >= 0.6 is 0 Å². The molecule has 0 rings (SSSR count). The van der Waals surface area contributed by atoms with Crippen molar-refractivity contribution in [2.24, 2.45) is 0 Å². The molecule has 0 saturated carbocycles. The Kier molecular flexibility index (Phi) is 6.11. The summed E-state index contributed by atoms with van der Waals surface area (Å²) in [5.41, 5.74) is -0.0314. The third-order valence-corrected chi connectivity index (χ3v) is 1.70. The van der Waals surface area contributed by atoms with Crippen LogP contribution in [0.3, 0.4) is 0 Å². The molecule has 0 aromatic rings. The van der Waals surface area contributed by atoms with Crippen LogP contribution in [0.4, 0.5) is 0 Å². The van der Waals surface area contributed by atoms with Gasteiger partial charge in [-0.05, 0) is 6.92 Å². The van der Waals surface area contributed by atoms with Crippen LogP contribution in [0.2, 0.25) is 0 Å². The smallest absolute Gasteiger partial charge is 0.335 e. The molecule has 14 heavy (non-hydrogen) atoms. The van der Waals surface area contributed by atoms with Gasteiger partial charge in [0, 0.05) is 7.11 Å². The SMILES string of the molecule is C=C(C(=O)OC)C(O)C(C)OCOC. The van der Waals surface area contributed by atoms with Gasteiger partial charge in [0.25, 0.3) is 0 Å². The monoisotopic (exact) mass is 204 g/mol. The maximum absolute atomic E-state index is 11.0. The maximum Gasteiger partial charge on any atom is 0.335 e. The van der Waals surface area contributed by atoms with Gasteiger partial charge in [0.15, 0.2) is 0 Å². The zero-order chi connectivity index (χ0) is 11.1. The first-order valence-corrected chi connectivity index (χ1v) is 4.10. The topological polar surface area (TPSA) is 65.0 Å². The molecule has 0 bridgehead atoms. The molecule has 0 radical (unpaired) electrons. The highest BCUT2D eigenvalue weighted by Gasteiger charge is 2.23. The number of ether oxygens (including phenoxy) is 3. The first kappa shape index (κ1) is 13.1.